The summed E-state index contributed by atoms with van der Waals surface area (Å²) < 4.78 is 10.2. The highest BCUT2D eigenvalue weighted by Gasteiger charge is 2.38. The van der Waals surface area contributed by atoms with Gasteiger partial charge in [0.2, 0.25) is 0 Å². The van der Waals surface area contributed by atoms with Gasteiger partial charge >= 0.3 is 0 Å². The zero-order valence-electron chi connectivity index (χ0n) is 19.4. The number of methoxy groups -OCH3 is 1. The van der Waals surface area contributed by atoms with E-state index in [-0.39, 0.29) is 35.7 Å². The minimum atomic E-state index is -0.364. The molecule has 0 fully saturated rings. The molecule has 3 amide bonds. The van der Waals surface area contributed by atoms with Crippen LogP contribution < -0.4 is 10.6 Å². The second-order valence-corrected chi connectivity index (χ2v) is 8.95. The molecular weight excluding hydrogens is 466 g/mol. The van der Waals surface area contributed by atoms with Crippen molar-refractivity contribution in [2.45, 2.75) is 18.2 Å². The monoisotopic (exact) mass is 491 g/mol. The van der Waals surface area contributed by atoms with Crippen molar-refractivity contribution in [1.29, 1.82) is 0 Å². The Bertz CT molecular complexity index is 1240. The number of thioether (sulfide) groups is 1. The number of nitrogens with one attached hydrogen (secondary N) is 2. The van der Waals surface area contributed by atoms with E-state index in [4.69, 9.17) is 9.15 Å². The average Bonchev–Trinajstić information content (AvgIpc) is 3.47. The van der Waals surface area contributed by atoms with Gasteiger partial charge in [-0.1, -0.05) is 29.5 Å². The Morgan fingerprint density at radius 1 is 1.00 bits per heavy atom. The summed E-state index contributed by atoms with van der Waals surface area (Å²) in [6.45, 7) is 2.70. The molecule has 180 valence electrons. The fourth-order valence-corrected chi connectivity index (χ4v) is 4.38. The number of imide groups is 1. The Labute approximate surface area is 207 Å². The highest BCUT2D eigenvalue weighted by atomic mass is 32.2. The van der Waals surface area contributed by atoms with Gasteiger partial charge in [0.25, 0.3) is 17.7 Å². The summed E-state index contributed by atoms with van der Waals surface area (Å²) >= 11 is 1.20. The molecule has 0 radical (unpaired) electrons. The van der Waals surface area contributed by atoms with Crippen LogP contribution in [0.5, 0.6) is 0 Å². The Kier molecular flexibility index (Phi) is 7.69. The molecule has 1 aliphatic rings. The number of rotatable bonds is 10. The van der Waals surface area contributed by atoms with E-state index in [9.17, 15) is 14.4 Å². The van der Waals surface area contributed by atoms with Gasteiger partial charge in [0.1, 0.15) is 10.6 Å². The number of carbonyl (C=O) groups is 3. The van der Waals surface area contributed by atoms with Gasteiger partial charge in [0, 0.05) is 36.5 Å². The van der Waals surface area contributed by atoms with Crippen LogP contribution in [0.25, 0.3) is 0 Å². The normalized spacial score (nSPS) is 13.5. The fourth-order valence-electron chi connectivity index (χ4n) is 3.43. The maximum absolute atomic E-state index is 13.2. The number of nitrogens with zero attached hydrogens (tertiary/aromatic N) is 1. The van der Waals surface area contributed by atoms with Gasteiger partial charge in [-0.3, -0.25) is 19.3 Å². The smallest absolute Gasteiger partial charge is 0.291 e. The lowest BCUT2D eigenvalue weighted by Gasteiger charge is -2.14. The summed E-state index contributed by atoms with van der Waals surface area (Å²) in [5, 5.41) is 5.90. The molecule has 0 unspecified atom stereocenters. The number of hydrogen-bond donors (Lipinski definition) is 2. The first kappa shape index (κ1) is 24.3. The second-order valence-electron chi connectivity index (χ2n) is 7.86. The lowest BCUT2D eigenvalue weighted by Crippen LogP contribution is -2.33. The van der Waals surface area contributed by atoms with Gasteiger partial charge in [-0.15, -0.1) is 0 Å². The molecule has 0 saturated carbocycles. The summed E-state index contributed by atoms with van der Waals surface area (Å²) in [4.78, 5) is 40.8. The number of amides is 3. The lowest BCUT2D eigenvalue weighted by molar-refractivity contribution is -0.137. The predicted molar refractivity (Wildman–Crippen MR) is 134 cm³/mol. The van der Waals surface area contributed by atoms with Crippen molar-refractivity contribution >= 4 is 40.9 Å². The van der Waals surface area contributed by atoms with Crippen molar-refractivity contribution in [2.24, 2.45) is 0 Å². The molecule has 0 saturated heterocycles. The number of hydrogen-bond acceptors (Lipinski definition) is 7. The van der Waals surface area contributed by atoms with Crippen molar-refractivity contribution in [3.05, 3.63) is 88.9 Å². The summed E-state index contributed by atoms with van der Waals surface area (Å²) in [7, 11) is 1.58. The van der Waals surface area contributed by atoms with E-state index in [1.54, 1.807) is 43.5 Å². The molecule has 1 aliphatic heterocycles. The van der Waals surface area contributed by atoms with E-state index in [1.165, 1.54) is 22.9 Å². The van der Waals surface area contributed by atoms with E-state index < -0.39 is 0 Å². The maximum Gasteiger partial charge on any atom is 0.291 e. The quantitative estimate of drug-likeness (QED) is 0.314. The number of anilines is 2. The van der Waals surface area contributed by atoms with Crippen LogP contribution >= 0.6 is 11.8 Å². The second kappa shape index (κ2) is 11.1. The third kappa shape index (κ3) is 5.82. The molecule has 2 aromatic carbocycles. The standard InChI is InChI=1S/C26H25N3O5S/c1-17-6-8-18(9-7-17)27-22-23(26(32)29(25(22)31)14-4-15-33-2)35-20-12-10-19(11-13-20)28-24(30)21-5-3-16-34-21/h3,5-13,16,27H,4,14-15H2,1-2H3,(H,28,30). The summed E-state index contributed by atoms with van der Waals surface area (Å²) in [6, 6.07) is 17.8. The Morgan fingerprint density at radius 3 is 2.37 bits per heavy atom. The molecule has 8 nitrogen and oxygen atoms in total. The SMILES string of the molecule is COCCCN1C(=O)C(Nc2ccc(C)cc2)=C(Sc2ccc(NC(=O)c3ccco3)cc2)C1=O. The van der Waals surface area contributed by atoms with E-state index in [0.29, 0.717) is 23.6 Å². The van der Waals surface area contributed by atoms with Gasteiger partial charge in [-0.25, -0.2) is 0 Å². The molecular formula is C26H25N3O5S. The first-order chi connectivity index (χ1) is 17.0. The van der Waals surface area contributed by atoms with Crippen LogP contribution in [0.15, 0.2) is 86.8 Å². The Balaban J connectivity index is 1.53. The molecule has 9 heteroatoms. The molecule has 2 N–H and O–H groups in total. The van der Waals surface area contributed by atoms with Gasteiger partial charge in [-0.05, 0) is 61.9 Å². The topological polar surface area (TPSA) is 101 Å². The Morgan fingerprint density at radius 2 is 1.71 bits per heavy atom. The van der Waals surface area contributed by atoms with Crippen molar-refractivity contribution in [1.82, 2.24) is 4.90 Å². The van der Waals surface area contributed by atoms with Crippen LogP contribution in [0.4, 0.5) is 11.4 Å². The van der Waals surface area contributed by atoms with Crippen LogP contribution in [-0.4, -0.2) is 42.9 Å². The van der Waals surface area contributed by atoms with Crippen LogP contribution in [0.1, 0.15) is 22.5 Å². The van der Waals surface area contributed by atoms with E-state index >= 15 is 0 Å². The summed E-state index contributed by atoms with van der Waals surface area (Å²) in [5.74, 6) is -0.854. The molecule has 0 bridgehead atoms. The average molecular weight is 492 g/mol. The molecule has 1 aromatic heterocycles. The molecule has 35 heavy (non-hydrogen) atoms. The number of ether oxygens (including phenoxy) is 1. The van der Waals surface area contributed by atoms with E-state index in [1.807, 2.05) is 31.2 Å². The predicted octanol–water partition coefficient (Wildman–Crippen LogP) is 4.66. The minimum Gasteiger partial charge on any atom is -0.459 e. The lowest BCUT2D eigenvalue weighted by atomic mass is 10.2. The summed E-state index contributed by atoms with van der Waals surface area (Å²) in [6.07, 6.45) is 1.98. The van der Waals surface area contributed by atoms with Gasteiger partial charge in [-0.2, -0.15) is 0 Å². The maximum atomic E-state index is 13.2. The molecule has 0 spiro atoms. The summed E-state index contributed by atoms with van der Waals surface area (Å²) in [5.41, 5.74) is 2.64. The highest BCUT2D eigenvalue weighted by molar-refractivity contribution is 8.04. The van der Waals surface area contributed by atoms with E-state index in [0.717, 1.165) is 16.1 Å². The van der Waals surface area contributed by atoms with Crippen LogP contribution in [0, 0.1) is 6.92 Å². The minimum absolute atomic E-state index is 0.212. The largest absolute Gasteiger partial charge is 0.459 e. The van der Waals surface area contributed by atoms with E-state index in [2.05, 4.69) is 10.6 Å². The molecule has 0 aliphatic carbocycles. The Hall–Kier alpha value is -3.82. The zero-order chi connectivity index (χ0) is 24.8. The van der Waals surface area contributed by atoms with Crippen molar-refractivity contribution in [3.63, 3.8) is 0 Å². The highest BCUT2D eigenvalue weighted by Crippen LogP contribution is 2.36. The van der Waals surface area contributed by atoms with Crippen LogP contribution in [0.3, 0.4) is 0 Å². The first-order valence-corrected chi connectivity index (χ1v) is 11.8. The number of aryl methyl sites for hydroxylation is 1. The first-order valence-electron chi connectivity index (χ1n) is 11.0. The van der Waals surface area contributed by atoms with Gasteiger partial charge in [0.15, 0.2) is 5.76 Å². The third-order valence-corrected chi connectivity index (χ3v) is 6.34. The number of furan rings is 1. The zero-order valence-corrected chi connectivity index (χ0v) is 20.2. The van der Waals surface area contributed by atoms with Crippen molar-refractivity contribution in [2.75, 3.05) is 30.9 Å². The van der Waals surface area contributed by atoms with Crippen molar-refractivity contribution < 1.29 is 23.5 Å². The third-order valence-electron chi connectivity index (χ3n) is 5.25. The molecule has 3 aromatic rings. The molecule has 2 heterocycles. The number of carbonyl (C=O) groups excluding carboxylic acids is 3. The van der Waals surface area contributed by atoms with Gasteiger partial charge in [0.05, 0.1) is 6.26 Å². The van der Waals surface area contributed by atoms with Crippen molar-refractivity contribution in [3.8, 4) is 0 Å². The molecule has 4 rings (SSSR count). The van der Waals surface area contributed by atoms with Gasteiger partial charge < -0.3 is 19.8 Å². The fraction of sp³-hybridized carbons (Fsp3) is 0.192. The van der Waals surface area contributed by atoms with Crippen LogP contribution in [0.2, 0.25) is 0 Å². The number of benzene rings is 2. The molecule has 0 atom stereocenters. The van der Waals surface area contributed by atoms with Crippen LogP contribution in [-0.2, 0) is 14.3 Å².